The summed E-state index contributed by atoms with van der Waals surface area (Å²) in [7, 11) is 1.81. The standard InChI is InChI=1S/C21H21N5O3S/c1-25-9-7-16(24-25)14-26-21(28)18-12-19(22-8-10-27)20(11-15(18)13-23-26)30(29)17-5-3-2-4-6-17/h2-7,9,11-13,22,27H,8,10,14H2,1H3. The first-order chi connectivity index (χ1) is 14.6. The lowest BCUT2D eigenvalue weighted by Gasteiger charge is -2.16. The van der Waals surface area contributed by atoms with Crippen LogP contribution in [0.25, 0.3) is 10.8 Å². The Morgan fingerprint density at radius 1 is 1.20 bits per heavy atom. The number of aliphatic hydroxyl groups is 1. The van der Waals surface area contributed by atoms with E-state index in [1.54, 1.807) is 35.1 Å². The highest BCUT2D eigenvalue weighted by atomic mass is 32.2. The van der Waals surface area contributed by atoms with Crippen LogP contribution >= 0.6 is 0 Å². The van der Waals surface area contributed by atoms with Gasteiger partial charge in [0.15, 0.2) is 9.79 Å². The van der Waals surface area contributed by atoms with Gasteiger partial charge in [-0.15, -0.1) is 0 Å². The zero-order valence-corrected chi connectivity index (χ0v) is 17.2. The Balaban J connectivity index is 1.79. The highest BCUT2D eigenvalue weighted by molar-refractivity contribution is 7.91. The highest BCUT2D eigenvalue weighted by Crippen LogP contribution is 2.30. The fourth-order valence-corrected chi connectivity index (χ4v) is 4.40. The number of aromatic nitrogens is 4. The molecule has 2 aromatic carbocycles. The second-order valence-electron chi connectivity index (χ2n) is 6.76. The van der Waals surface area contributed by atoms with Crippen molar-refractivity contribution in [3.8, 4) is 0 Å². The molecule has 1 unspecified atom stereocenters. The molecular formula is C21H21N5O3S. The molecule has 0 aliphatic carbocycles. The van der Waals surface area contributed by atoms with Crippen LogP contribution in [0.5, 0.6) is 0 Å². The van der Waals surface area contributed by atoms with Crippen molar-refractivity contribution in [3.05, 3.63) is 77.0 Å². The van der Waals surface area contributed by atoms with E-state index in [-0.39, 0.29) is 25.3 Å². The maximum atomic E-state index is 13.2. The number of nitrogens with zero attached hydrogens (tertiary/aromatic N) is 4. The van der Waals surface area contributed by atoms with Crippen molar-refractivity contribution in [3.63, 3.8) is 0 Å². The molecule has 9 heteroatoms. The minimum atomic E-state index is -1.45. The van der Waals surface area contributed by atoms with E-state index >= 15 is 0 Å². The van der Waals surface area contributed by atoms with Crippen molar-refractivity contribution in [2.24, 2.45) is 7.05 Å². The van der Waals surface area contributed by atoms with Gasteiger partial charge in [0, 0.05) is 42.4 Å². The van der Waals surface area contributed by atoms with E-state index in [1.807, 2.05) is 37.5 Å². The summed E-state index contributed by atoms with van der Waals surface area (Å²) in [6.45, 7) is 0.445. The molecule has 0 aliphatic rings. The largest absolute Gasteiger partial charge is 0.606 e. The Morgan fingerprint density at radius 3 is 2.70 bits per heavy atom. The second-order valence-corrected chi connectivity index (χ2v) is 8.20. The van der Waals surface area contributed by atoms with Gasteiger partial charge in [-0.25, -0.2) is 4.68 Å². The maximum Gasteiger partial charge on any atom is 0.275 e. The van der Waals surface area contributed by atoms with Crippen molar-refractivity contribution >= 4 is 27.6 Å². The van der Waals surface area contributed by atoms with Gasteiger partial charge >= 0.3 is 0 Å². The number of benzene rings is 2. The van der Waals surface area contributed by atoms with Crippen LogP contribution in [0.1, 0.15) is 5.69 Å². The van der Waals surface area contributed by atoms with Gasteiger partial charge in [0.2, 0.25) is 0 Å². The first kappa shape index (κ1) is 20.1. The fourth-order valence-electron chi connectivity index (χ4n) is 3.18. The topological polar surface area (TPSA) is 108 Å². The van der Waals surface area contributed by atoms with E-state index in [9.17, 15) is 14.5 Å². The normalized spacial score (nSPS) is 12.2. The minimum absolute atomic E-state index is 0.0876. The third kappa shape index (κ3) is 4.09. The zero-order valence-electron chi connectivity index (χ0n) is 16.4. The summed E-state index contributed by atoms with van der Waals surface area (Å²) in [6.07, 6.45) is 3.41. The lowest BCUT2D eigenvalue weighted by molar-refractivity contribution is 0.311. The van der Waals surface area contributed by atoms with Crippen molar-refractivity contribution in [1.82, 2.24) is 19.6 Å². The number of aliphatic hydroxyl groups excluding tert-OH is 1. The van der Waals surface area contributed by atoms with Gasteiger partial charge in [-0.3, -0.25) is 9.48 Å². The summed E-state index contributed by atoms with van der Waals surface area (Å²) >= 11 is -1.45. The number of hydrogen-bond donors (Lipinski definition) is 2. The van der Waals surface area contributed by atoms with Crippen LogP contribution in [0.15, 0.2) is 75.5 Å². The van der Waals surface area contributed by atoms with Crippen molar-refractivity contribution < 1.29 is 9.66 Å². The van der Waals surface area contributed by atoms with Crippen molar-refractivity contribution in [2.75, 3.05) is 18.5 Å². The third-order valence-electron chi connectivity index (χ3n) is 4.62. The Bertz CT molecular complexity index is 1220. The quantitative estimate of drug-likeness (QED) is 0.439. The number of fused-ring (bicyclic) bond motifs is 1. The van der Waals surface area contributed by atoms with Gasteiger partial charge in [-0.05, 0) is 24.3 Å². The third-order valence-corrected chi connectivity index (χ3v) is 6.06. The van der Waals surface area contributed by atoms with E-state index in [1.165, 1.54) is 4.68 Å². The lowest BCUT2D eigenvalue weighted by atomic mass is 10.1. The second kappa shape index (κ2) is 8.70. The molecule has 1 atom stereocenters. The monoisotopic (exact) mass is 423 g/mol. The van der Waals surface area contributed by atoms with E-state index in [0.717, 1.165) is 5.69 Å². The predicted octanol–water partition coefficient (Wildman–Crippen LogP) is 1.75. The van der Waals surface area contributed by atoms with Gasteiger partial charge in [0.1, 0.15) is 0 Å². The molecule has 2 aromatic heterocycles. The van der Waals surface area contributed by atoms with Crippen LogP contribution in [-0.4, -0.2) is 42.4 Å². The Kier molecular flexibility index (Phi) is 5.84. The molecule has 30 heavy (non-hydrogen) atoms. The highest BCUT2D eigenvalue weighted by Gasteiger charge is 2.21. The Labute approximate surface area is 176 Å². The van der Waals surface area contributed by atoms with E-state index in [4.69, 9.17) is 0 Å². The summed E-state index contributed by atoms with van der Waals surface area (Å²) in [4.78, 5) is 14.2. The molecule has 0 aliphatic heterocycles. The van der Waals surface area contributed by atoms with Crippen LogP contribution in [0.3, 0.4) is 0 Å². The summed E-state index contributed by atoms with van der Waals surface area (Å²) in [5.74, 6) is 0. The van der Waals surface area contributed by atoms with E-state index < -0.39 is 11.2 Å². The number of aryl methyl sites for hydroxylation is 1. The van der Waals surface area contributed by atoms with Crippen molar-refractivity contribution in [2.45, 2.75) is 16.3 Å². The average molecular weight is 423 g/mol. The summed E-state index contributed by atoms with van der Waals surface area (Å²) in [5.41, 5.74) is 1.01. The maximum absolute atomic E-state index is 13.2. The SMILES string of the molecule is Cn1ccc(Cn2ncc3cc([S+]([O-])c4ccccc4)c(NCCO)cc3c2=O)n1. The number of hydrogen-bond acceptors (Lipinski definition) is 6. The fraction of sp³-hybridized carbons (Fsp3) is 0.190. The van der Waals surface area contributed by atoms with Gasteiger partial charge < -0.3 is 15.0 Å². The molecule has 0 radical (unpaired) electrons. The summed E-state index contributed by atoms with van der Waals surface area (Å²) in [6, 6.07) is 14.3. The van der Waals surface area contributed by atoms with Gasteiger partial charge in [-0.2, -0.15) is 10.2 Å². The molecule has 154 valence electrons. The van der Waals surface area contributed by atoms with Gasteiger partial charge in [0.25, 0.3) is 5.56 Å². The Morgan fingerprint density at radius 2 is 2.00 bits per heavy atom. The first-order valence-corrected chi connectivity index (χ1v) is 10.6. The molecule has 8 nitrogen and oxygen atoms in total. The molecule has 4 rings (SSSR count). The molecule has 0 saturated heterocycles. The van der Waals surface area contributed by atoms with Crippen LogP contribution in [0.2, 0.25) is 0 Å². The molecule has 0 amide bonds. The average Bonchev–Trinajstić information content (AvgIpc) is 3.18. The molecule has 4 aromatic rings. The molecule has 0 saturated carbocycles. The molecule has 0 fully saturated rings. The lowest BCUT2D eigenvalue weighted by Crippen LogP contribution is -2.24. The molecule has 2 heterocycles. The number of anilines is 1. The minimum Gasteiger partial charge on any atom is -0.606 e. The predicted molar refractivity (Wildman–Crippen MR) is 115 cm³/mol. The van der Waals surface area contributed by atoms with Crippen LogP contribution in [0, 0.1) is 0 Å². The van der Waals surface area contributed by atoms with Gasteiger partial charge in [0.05, 0.1) is 36.1 Å². The molecule has 0 bridgehead atoms. The molecule has 0 spiro atoms. The number of rotatable bonds is 7. The van der Waals surface area contributed by atoms with Crippen molar-refractivity contribution in [1.29, 1.82) is 0 Å². The molecule has 2 N–H and O–H groups in total. The van der Waals surface area contributed by atoms with E-state index in [0.29, 0.717) is 26.3 Å². The smallest absolute Gasteiger partial charge is 0.275 e. The van der Waals surface area contributed by atoms with Crippen LogP contribution in [0.4, 0.5) is 5.69 Å². The van der Waals surface area contributed by atoms with Crippen LogP contribution in [-0.2, 0) is 24.8 Å². The molecular weight excluding hydrogens is 402 g/mol. The van der Waals surface area contributed by atoms with Crippen LogP contribution < -0.4 is 10.9 Å². The number of nitrogens with one attached hydrogen (secondary N) is 1. The van der Waals surface area contributed by atoms with Gasteiger partial charge in [-0.1, -0.05) is 18.2 Å². The summed E-state index contributed by atoms with van der Waals surface area (Å²) in [5, 5.41) is 21.9. The summed E-state index contributed by atoms with van der Waals surface area (Å²) < 4.78 is 16.2. The van der Waals surface area contributed by atoms with E-state index in [2.05, 4.69) is 15.5 Å². The first-order valence-electron chi connectivity index (χ1n) is 9.41. The Hall–Kier alpha value is -3.14. The zero-order chi connectivity index (χ0) is 21.1.